The van der Waals surface area contributed by atoms with Crippen LogP contribution in [0.2, 0.25) is 0 Å². The summed E-state index contributed by atoms with van der Waals surface area (Å²) in [5.41, 5.74) is 0. The monoisotopic (exact) mass is 256 g/mol. The average molecular weight is 256 g/mol. The normalized spacial score (nSPS) is 18.8. The molecule has 1 rings (SSSR count). The van der Waals surface area contributed by atoms with Crippen LogP contribution in [0.25, 0.3) is 0 Å². The van der Waals surface area contributed by atoms with Crippen LogP contribution in [0.15, 0.2) is 0 Å². The average Bonchev–Trinajstić information content (AvgIpc) is 2.27. The van der Waals surface area contributed by atoms with Gasteiger partial charge in [0.15, 0.2) is 5.11 Å². The first-order valence-corrected chi connectivity index (χ1v) is 6.65. The summed E-state index contributed by atoms with van der Waals surface area (Å²) in [5.74, 6) is -0.658. The molecule has 0 aliphatic carbocycles. The molecular formula is C12H20N2O2S. The Balaban J connectivity index is 2.55. The first-order chi connectivity index (χ1) is 8.08. The molecule has 1 saturated heterocycles. The number of amides is 2. The highest BCUT2D eigenvalue weighted by Gasteiger charge is 2.33. The molecule has 0 saturated carbocycles. The van der Waals surface area contributed by atoms with E-state index in [1.807, 2.05) is 0 Å². The van der Waals surface area contributed by atoms with Crippen molar-refractivity contribution < 1.29 is 9.59 Å². The van der Waals surface area contributed by atoms with Crippen molar-refractivity contribution in [2.24, 2.45) is 11.8 Å². The Morgan fingerprint density at radius 2 is 1.82 bits per heavy atom. The maximum Gasteiger partial charge on any atom is 0.238 e. The smallest absolute Gasteiger partial charge is 0.238 e. The van der Waals surface area contributed by atoms with Crippen molar-refractivity contribution in [1.29, 1.82) is 0 Å². The van der Waals surface area contributed by atoms with Crippen molar-refractivity contribution in [1.82, 2.24) is 10.6 Å². The summed E-state index contributed by atoms with van der Waals surface area (Å²) in [6.07, 6.45) is 4.99. The number of hydrogen-bond donors (Lipinski definition) is 2. The number of carbonyl (C=O) groups excluding carboxylic acids is 2. The lowest BCUT2D eigenvalue weighted by atomic mass is 9.87. The van der Waals surface area contributed by atoms with E-state index in [2.05, 4.69) is 24.5 Å². The molecule has 0 bridgehead atoms. The van der Waals surface area contributed by atoms with Crippen molar-refractivity contribution in [3.8, 4) is 0 Å². The molecule has 96 valence electrons. The van der Waals surface area contributed by atoms with Crippen molar-refractivity contribution in [3.05, 3.63) is 0 Å². The second-order valence-electron chi connectivity index (χ2n) is 4.51. The van der Waals surface area contributed by atoms with E-state index >= 15 is 0 Å². The van der Waals surface area contributed by atoms with Gasteiger partial charge in [-0.05, 0) is 24.6 Å². The molecule has 1 fully saturated rings. The van der Waals surface area contributed by atoms with Crippen LogP contribution in [0, 0.1) is 11.8 Å². The highest BCUT2D eigenvalue weighted by Crippen LogP contribution is 2.23. The Labute approximate surface area is 108 Å². The molecule has 17 heavy (non-hydrogen) atoms. The second kappa shape index (κ2) is 6.69. The molecule has 5 heteroatoms. The van der Waals surface area contributed by atoms with Gasteiger partial charge in [-0.1, -0.05) is 39.5 Å². The van der Waals surface area contributed by atoms with E-state index in [4.69, 9.17) is 12.2 Å². The highest BCUT2D eigenvalue weighted by molar-refractivity contribution is 7.80. The topological polar surface area (TPSA) is 58.2 Å². The third kappa shape index (κ3) is 4.07. The number of carbonyl (C=O) groups is 2. The maximum atomic E-state index is 11.7. The summed E-state index contributed by atoms with van der Waals surface area (Å²) in [6, 6.07) is 0. The SMILES string of the molecule is CCCC[C@H](CC)CC1C(=O)NC(=S)NC1=O. The van der Waals surface area contributed by atoms with Crippen LogP contribution in [0.4, 0.5) is 0 Å². The Morgan fingerprint density at radius 1 is 1.24 bits per heavy atom. The lowest BCUT2D eigenvalue weighted by Gasteiger charge is -2.25. The molecule has 0 unspecified atom stereocenters. The van der Waals surface area contributed by atoms with Crippen LogP contribution in [0.3, 0.4) is 0 Å². The van der Waals surface area contributed by atoms with E-state index in [1.165, 1.54) is 0 Å². The quantitative estimate of drug-likeness (QED) is 0.562. The number of thiocarbonyl (C=S) groups is 1. The molecule has 0 aromatic rings. The van der Waals surface area contributed by atoms with Gasteiger partial charge in [-0.3, -0.25) is 9.59 Å². The fourth-order valence-electron chi connectivity index (χ4n) is 2.08. The molecule has 1 aliphatic heterocycles. The van der Waals surface area contributed by atoms with Gasteiger partial charge in [0.2, 0.25) is 11.8 Å². The fourth-order valence-corrected chi connectivity index (χ4v) is 2.28. The van der Waals surface area contributed by atoms with Crippen LogP contribution in [-0.4, -0.2) is 16.9 Å². The van der Waals surface area contributed by atoms with E-state index in [0.29, 0.717) is 12.3 Å². The van der Waals surface area contributed by atoms with Gasteiger partial charge in [-0.2, -0.15) is 0 Å². The zero-order valence-corrected chi connectivity index (χ0v) is 11.2. The molecule has 0 spiro atoms. The summed E-state index contributed by atoms with van der Waals surface area (Å²) < 4.78 is 0. The first-order valence-electron chi connectivity index (χ1n) is 6.24. The molecule has 0 aromatic heterocycles. The molecule has 0 radical (unpaired) electrons. The molecule has 2 N–H and O–H groups in total. The molecular weight excluding hydrogens is 236 g/mol. The van der Waals surface area contributed by atoms with E-state index in [0.717, 1.165) is 25.7 Å². The van der Waals surface area contributed by atoms with Gasteiger partial charge >= 0.3 is 0 Å². The standard InChI is InChI=1S/C12H20N2O2S/c1-3-5-6-8(4-2)7-9-10(15)13-12(17)14-11(9)16/h8-9H,3-7H2,1-2H3,(H2,13,14,15,16,17)/t8-/m0/s1. The minimum absolute atomic E-state index is 0.123. The van der Waals surface area contributed by atoms with Gasteiger partial charge in [0.1, 0.15) is 5.92 Å². The number of nitrogens with one attached hydrogen (secondary N) is 2. The molecule has 1 atom stereocenters. The largest absolute Gasteiger partial charge is 0.302 e. The summed E-state index contributed by atoms with van der Waals surface area (Å²) in [4.78, 5) is 23.4. The van der Waals surface area contributed by atoms with E-state index in [9.17, 15) is 9.59 Å². The van der Waals surface area contributed by atoms with Crippen molar-refractivity contribution in [3.63, 3.8) is 0 Å². The van der Waals surface area contributed by atoms with E-state index < -0.39 is 5.92 Å². The maximum absolute atomic E-state index is 11.7. The van der Waals surface area contributed by atoms with Crippen molar-refractivity contribution in [2.75, 3.05) is 0 Å². The summed E-state index contributed by atoms with van der Waals surface area (Å²) >= 11 is 4.76. The number of hydrogen-bond acceptors (Lipinski definition) is 3. The third-order valence-corrected chi connectivity index (χ3v) is 3.42. The summed E-state index contributed by atoms with van der Waals surface area (Å²) in [7, 11) is 0. The Kier molecular flexibility index (Phi) is 5.55. The predicted molar refractivity (Wildman–Crippen MR) is 70.3 cm³/mol. The summed E-state index contributed by atoms with van der Waals surface area (Å²) in [6.45, 7) is 4.24. The molecule has 4 nitrogen and oxygen atoms in total. The minimum Gasteiger partial charge on any atom is -0.302 e. The van der Waals surface area contributed by atoms with Crippen LogP contribution >= 0.6 is 12.2 Å². The molecule has 1 aliphatic rings. The fraction of sp³-hybridized carbons (Fsp3) is 0.750. The van der Waals surface area contributed by atoms with Crippen LogP contribution in [0.1, 0.15) is 46.0 Å². The van der Waals surface area contributed by atoms with Gasteiger partial charge < -0.3 is 10.6 Å². The van der Waals surface area contributed by atoms with Gasteiger partial charge in [0.25, 0.3) is 0 Å². The van der Waals surface area contributed by atoms with E-state index in [1.54, 1.807) is 0 Å². The highest BCUT2D eigenvalue weighted by atomic mass is 32.1. The van der Waals surface area contributed by atoms with Gasteiger partial charge in [0, 0.05) is 0 Å². The Bertz CT molecular complexity index is 298. The van der Waals surface area contributed by atoms with Gasteiger partial charge in [0.05, 0.1) is 0 Å². The Hall–Kier alpha value is -0.970. The summed E-state index contributed by atoms with van der Waals surface area (Å²) in [5, 5.41) is 5.13. The van der Waals surface area contributed by atoms with Crippen LogP contribution in [0.5, 0.6) is 0 Å². The molecule has 2 amide bonds. The van der Waals surface area contributed by atoms with Crippen molar-refractivity contribution >= 4 is 29.1 Å². The van der Waals surface area contributed by atoms with Crippen molar-refractivity contribution in [2.45, 2.75) is 46.0 Å². The number of unbranched alkanes of at least 4 members (excludes halogenated alkanes) is 1. The van der Waals surface area contributed by atoms with Crippen LogP contribution in [-0.2, 0) is 9.59 Å². The zero-order valence-electron chi connectivity index (χ0n) is 10.4. The number of rotatable bonds is 6. The zero-order chi connectivity index (χ0) is 12.8. The lowest BCUT2D eigenvalue weighted by molar-refractivity contribution is -0.135. The Morgan fingerprint density at radius 3 is 2.29 bits per heavy atom. The second-order valence-corrected chi connectivity index (χ2v) is 4.92. The van der Waals surface area contributed by atoms with Gasteiger partial charge in [-0.25, -0.2) is 0 Å². The van der Waals surface area contributed by atoms with E-state index in [-0.39, 0.29) is 16.9 Å². The predicted octanol–water partition coefficient (Wildman–Crippen LogP) is 1.74. The molecule has 0 aromatic carbocycles. The minimum atomic E-state index is -0.580. The first kappa shape index (κ1) is 14.1. The van der Waals surface area contributed by atoms with Crippen LogP contribution < -0.4 is 10.6 Å². The molecule has 1 heterocycles. The van der Waals surface area contributed by atoms with Gasteiger partial charge in [-0.15, -0.1) is 0 Å². The lowest BCUT2D eigenvalue weighted by Crippen LogP contribution is -2.55. The third-order valence-electron chi connectivity index (χ3n) is 3.22.